The summed E-state index contributed by atoms with van der Waals surface area (Å²) in [7, 11) is 0. The normalized spacial score (nSPS) is 17.2. The summed E-state index contributed by atoms with van der Waals surface area (Å²) in [6.45, 7) is 13.6. The molecule has 2 heteroatoms. The first-order valence-corrected chi connectivity index (χ1v) is 6.47. The zero-order valence-electron chi connectivity index (χ0n) is 11.7. The van der Waals surface area contributed by atoms with Crippen molar-refractivity contribution in [2.45, 2.75) is 33.2 Å². The van der Waals surface area contributed by atoms with Crippen LogP contribution in [0.25, 0.3) is 0 Å². The quantitative estimate of drug-likeness (QED) is 0.742. The molecule has 0 spiro atoms. The molecule has 0 atom stereocenters. The third kappa shape index (κ3) is 5.85. The van der Waals surface area contributed by atoms with E-state index in [-0.39, 0.29) is 0 Å². The lowest BCUT2D eigenvalue weighted by molar-refractivity contribution is 0.119. The predicted octanol–water partition coefficient (Wildman–Crippen LogP) is 2.69. The molecule has 2 rings (SSSR count). The zero-order chi connectivity index (χ0) is 12.7. The molecule has 1 aliphatic heterocycles. The molecule has 1 aromatic carbocycles. The summed E-state index contributed by atoms with van der Waals surface area (Å²) >= 11 is 0. The molecule has 0 unspecified atom stereocenters. The molecule has 0 saturated carbocycles. The van der Waals surface area contributed by atoms with Gasteiger partial charge in [-0.1, -0.05) is 35.9 Å². The number of aryl methyl sites for hydroxylation is 1. The molecule has 1 fully saturated rings. The Morgan fingerprint density at radius 2 is 1.53 bits per heavy atom. The SMILES string of the molecule is CC(C)(C)N1CCNCC1.Cc1ccccc1. The number of hydrogen-bond acceptors (Lipinski definition) is 2. The van der Waals surface area contributed by atoms with Crippen molar-refractivity contribution < 1.29 is 0 Å². The van der Waals surface area contributed by atoms with Crippen molar-refractivity contribution in [2.24, 2.45) is 0 Å². The Morgan fingerprint density at radius 3 is 1.82 bits per heavy atom. The molecular formula is C15H26N2. The standard InChI is InChI=1S/C8H18N2.C7H8/c1-8(2,3)10-6-4-9-5-7-10;1-7-5-3-2-4-6-7/h9H,4-7H2,1-3H3;2-6H,1H3. The van der Waals surface area contributed by atoms with Gasteiger partial charge < -0.3 is 5.32 Å². The van der Waals surface area contributed by atoms with E-state index in [0.717, 1.165) is 13.1 Å². The van der Waals surface area contributed by atoms with Crippen LogP contribution >= 0.6 is 0 Å². The Kier molecular flexibility index (Phi) is 5.66. The number of nitrogens with zero attached hydrogens (tertiary/aromatic N) is 1. The number of piperazine rings is 1. The molecule has 0 amide bonds. The number of rotatable bonds is 0. The van der Waals surface area contributed by atoms with Gasteiger partial charge in [-0.15, -0.1) is 0 Å². The van der Waals surface area contributed by atoms with Gasteiger partial charge in [-0.2, -0.15) is 0 Å². The van der Waals surface area contributed by atoms with Crippen LogP contribution in [0.2, 0.25) is 0 Å². The highest BCUT2D eigenvalue weighted by atomic mass is 15.2. The fourth-order valence-electron chi connectivity index (χ4n) is 1.87. The van der Waals surface area contributed by atoms with Crippen LogP contribution in [0.4, 0.5) is 0 Å². The predicted molar refractivity (Wildman–Crippen MR) is 75.4 cm³/mol. The molecule has 96 valence electrons. The number of nitrogens with one attached hydrogen (secondary N) is 1. The van der Waals surface area contributed by atoms with Crippen LogP contribution in [0.5, 0.6) is 0 Å². The summed E-state index contributed by atoms with van der Waals surface area (Å²) in [5.74, 6) is 0. The fraction of sp³-hybridized carbons (Fsp3) is 0.600. The monoisotopic (exact) mass is 234 g/mol. The summed E-state index contributed by atoms with van der Waals surface area (Å²) < 4.78 is 0. The van der Waals surface area contributed by atoms with Gasteiger partial charge in [-0.25, -0.2) is 0 Å². The van der Waals surface area contributed by atoms with Crippen molar-refractivity contribution in [3.05, 3.63) is 35.9 Å². The largest absolute Gasteiger partial charge is 0.314 e. The van der Waals surface area contributed by atoms with E-state index in [0.29, 0.717) is 5.54 Å². The van der Waals surface area contributed by atoms with Gasteiger partial charge in [0, 0.05) is 31.7 Å². The molecule has 1 saturated heterocycles. The van der Waals surface area contributed by atoms with E-state index < -0.39 is 0 Å². The topological polar surface area (TPSA) is 15.3 Å². The summed E-state index contributed by atoms with van der Waals surface area (Å²) in [4.78, 5) is 2.52. The minimum Gasteiger partial charge on any atom is -0.314 e. The second kappa shape index (κ2) is 6.77. The molecule has 0 bridgehead atoms. The van der Waals surface area contributed by atoms with Gasteiger partial charge in [0.05, 0.1) is 0 Å². The summed E-state index contributed by atoms with van der Waals surface area (Å²) in [5.41, 5.74) is 1.68. The maximum Gasteiger partial charge on any atom is 0.0126 e. The van der Waals surface area contributed by atoms with Crippen LogP contribution in [0, 0.1) is 6.92 Å². The first-order valence-electron chi connectivity index (χ1n) is 6.47. The van der Waals surface area contributed by atoms with Gasteiger partial charge in [0.25, 0.3) is 0 Å². The second-order valence-corrected chi connectivity index (χ2v) is 5.56. The minimum atomic E-state index is 0.363. The molecule has 2 nitrogen and oxygen atoms in total. The van der Waals surface area contributed by atoms with E-state index >= 15 is 0 Å². The Hall–Kier alpha value is -0.860. The Labute approximate surface area is 106 Å². The van der Waals surface area contributed by atoms with Crippen LogP contribution in [-0.2, 0) is 0 Å². The lowest BCUT2D eigenvalue weighted by Gasteiger charge is -2.38. The zero-order valence-corrected chi connectivity index (χ0v) is 11.7. The lowest BCUT2D eigenvalue weighted by Crippen LogP contribution is -2.51. The smallest absolute Gasteiger partial charge is 0.0126 e. The molecule has 1 aromatic rings. The fourth-order valence-corrected chi connectivity index (χ4v) is 1.87. The van der Waals surface area contributed by atoms with E-state index in [1.165, 1.54) is 18.7 Å². The van der Waals surface area contributed by atoms with E-state index in [9.17, 15) is 0 Å². The minimum absolute atomic E-state index is 0.363. The average Bonchev–Trinajstić information content (AvgIpc) is 2.31. The highest BCUT2D eigenvalue weighted by Crippen LogP contribution is 2.12. The van der Waals surface area contributed by atoms with Crippen molar-refractivity contribution in [1.29, 1.82) is 0 Å². The van der Waals surface area contributed by atoms with Gasteiger partial charge in [0.15, 0.2) is 0 Å². The van der Waals surface area contributed by atoms with Crippen LogP contribution in [0.3, 0.4) is 0 Å². The number of benzene rings is 1. The van der Waals surface area contributed by atoms with Crippen molar-refractivity contribution >= 4 is 0 Å². The molecule has 0 aliphatic carbocycles. The van der Waals surface area contributed by atoms with Crippen molar-refractivity contribution in [3.63, 3.8) is 0 Å². The molecule has 0 radical (unpaired) electrons. The van der Waals surface area contributed by atoms with E-state index in [2.05, 4.69) is 50.0 Å². The first kappa shape index (κ1) is 14.2. The Bertz CT molecular complexity index is 294. The molecule has 1 aliphatic rings. The van der Waals surface area contributed by atoms with Crippen molar-refractivity contribution in [3.8, 4) is 0 Å². The maximum absolute atomic E-state index is 3.35. The summed E-state index contributed by atoms with van der Waals surface area (Å²) in [5, 5.41) is 3.35. The van der Waals surface area contributed by atoms with Crippen LogP contribution < -0.4 is 5.32 Å². The molecular weight excluding hydrogens is 208 g/mol. The molecule has 1 heterocycles. The molecule has 0 aromatic heterocycles. The first-order chi connectivity index (χ1) is 8.00. The van der Waals surface area contributed by atoms with Gasteiger partial charge >= 0.3 is 0 Å². The highest BCUT2D eigenvalue weighted by Gasteiger charge is 2.21. The Morgan fingerprint density at radius 1 is 1.00 bits per heavy atom. The highest BCUT2D eigenvalue weighted by molar-refractivity contribution is 5.11. The third-order valence-corrected chi connectivity index (χ3v) is 3.01. The maximum atomic E-state index is 3.35. The molecule has 1 N–H and O–H groups in total. The second-order valence-electron chi connectivity index (χ2n) is 5.56. The van der Waals surface area contributed by atoms with Gasteiger partial charge in [0.1, 0.15) is 0 Å². The van der Waals surface area contributed by atoms with Crippen LogP contribution in [0.1, 0.15) is 26.3 Å². The van der Waals surface area contributed by atoms with E-state index in [1.54, 1.807) is 0 Å². The van der Waals surface area contributed by atoms with Gasteiger partial charge in [0.2, 0.25) is 0 Å². The van der Waals surface area contributed by atoms with Crippen molar-refractivity contribution in [2.75, 3.05) is 26.2 Å². The van der Waals surface area contributed by atoms with Gasteiger partial charge in [-0.3, -0.25) is 4.90 Å². The lowest BCUT2D eigenvalue weighted by atomic mass is 10.1. The van der Waals surface area contributed by atoms with Crippen molar-refractivity contribution in [1.82, 2.24) is 10.2 Å². The summed E-state index contributed by atoms with van der Waals surface area (Å²) in [6.07, 6.45) is 0. The Balaban J connectivity index is 0.000000181. The van der Waals surface area contributed by atoms with E-state index in [1.807, 2.05) is 18.2 Å². The summed E-state index contributed by atoms with van der Waals surface area (Å²) in [6, 6.07) is 10.3. The van der Waals surface area contributed by atoms with Gasteiger partial charge in [-0.05, 0) is 27.7 Å². The average molecular weight is 234 g/mol. The van der Waals surface area contributed by atoms with Crippen LogP contribution in [0.15, 0.2) is 30.3 Å². The van der Waals surface area contributed by atoms with Crippen LogP contribution in [-0.4, -0.2) is 36.6 Å². The third-order valence-electron chi connectivity index (χ3n) is 3.01. The molecule has 17 heavy (non-hydrogen) atoms. The number of hydrogen-bond donors (Lipinski definition) is 1. The van der Waals surface area contributed by atoms with E-state index in [4.69, 9.17) is 0 Å².